The Balaban J connectivity index is 1.91. The zero-order valence-corrected chi connectivity index (χ0v) is 11.4. The summed E-state index contributed by atoms with van der Waals surface area (Å²) in [6, 6.07) is 15.0. The van der Waals surface area contributed by atoms with Crippen LogP contribution in [0.3, 0.4) is 0 Å². The van der Waals surface area contributed by atoms with E-state index in [0.29, 0.717) is 17.1 Å². The van der Waals surface area contributed by atoms with E-state index in [1.165, 1.54) is 0 Å². The summed E-state index contributed by atoms with van der Waals surface area (Å²) in [5, 5.41) is 14.7. The van der Waals surface area contributed by atoms with Crippen molar-refractivity contribution in [1.29, 1.82) is 0 Å². The molecule has 0 aliphatic heterocycles. The lowest BCUT2D eigenvalue weighted by Crippen LogP contribution is -2.01. The molecule has 2 N–H and O–H groups in total. The van der Waals surface area contributed by atoms with E-state index in [9.17, 15) is 5.11 Å². The molecule has 3 nitrogen and oxygen atoms in total. The van der Waals surface area contributed by atoms with Crippen LogP contribution in [0.25, 0.3) is 10.9 Å². The Morgan fingerprint density at radius 2 is 1.85 bits per heavy atom. The van der Waals surface area contributed by atoms with Crippen LogP contribution in [0.2, 0.25) is 5.02 Å². The van der Waals surface area contributed by atoms with Gasteiger partial charge in [-0.15, -0.1) is 0 Å². The molecule has 3 rings (SSSR count). The average Bonchev–Trinajstić information content (AvgIpc) is 2.47. The number of benzene rings is 2. The Bertz CT molecular complexity index is 733. The van der Waals surface area contributed by atoms with E-state index in [1.807, 2.05) is 30.3 Å². The molecule has 100 valence electrons. The molecule has 0 radical (unpaired) electrons. The van der Waals surface area contributed by atoms with Crippen LogP contribution in [0.15, 0.2) is 54.7 Å². The molecule has 3 aromatic rings. The number of halogens is 1. The first-order valence-electron chi connectivity index (χ1n) is 6.29. The SMILES string of the molecule is Oc1cccc(Cl)c1CNc1cccc2cccnc12. The third kappa shape index (κ3) is 2.40. The molecule has 0 amide bonds. The Kier molecular flexibility index (Phi) is 3.44. The number of phenolic OH excluding ortho intramolecular Hbond substituents is 1. The molecule has 0 saturated heterocycles. The van der Waals surface area contributed by atoms with Gasteiger partial charge in [0.2, 0.25) is 0 Å². The molecular formula is C16H13ClN2O. The van der Waals surface area contributed by atoms with Gasteiger partial charge in [0.05, 0.1) is 11.2 Å². The van der Waals surface area contributed by atoms with Crippen LogP contribution in [-0.4, -0.2) is 10.1 Å². The van der Waals surface area contributed by atoms with Crippen molar-refractivity contribution in [3.05, 3.63) is 65.3 Å². The maximum absolute atomic E-state index is 9.84. The van der Waals surface area contributed by atoms with Crippen LogP contribution in [0.1, 0.15) is 5.56 Å². The summed E-state index contributed by atoms with van der Waals surface area (Å²) in [5.74, 6) is 0.193. The van der Waals surface area contributed by atoms with Gasteiger partial charge in [-0.25, -0.2) is 0 Å². The number of hydrogen-bond donors (Lipinski definition) is 2. The highest BCUT2D eigenvalue weighted by Crippen LogP contribution is 2.27. The fourth-order valence-electron chi connectivity index (χ4n) is 2.15. The normalized spacial score (nSPS) is 10.7. The third-order valence-corrected chi connectivity index (χ3v) is 3.54. The summed E-state index contributed by atoms with van der Waals surface area (Å²) in [4.78, 5) is 4.38. The van der Waals surface area contributed by atoms with Crippen molar-refractivity contribution in [3.63, 3.8) is 0 Å². The highest BCUT2D eigenvalue weighted by Gasteiger charge is 2.07. The first-order valence-corrected chi connectivity index (χ1v) is 6.67. The lowest BCUT2D eigenvalue weighted by molar-refractivity contribution is 0.469. The van der Waals surface area contributed by atoms with Crippen molar-refractivity contribution in [1.82, 2.24) is 4.98 Å². The van der Waals surface area contributed by atoms with Gasteiger partial charge in [-0.05, 0) is 24.3 Å². The van der Waals surface area contributed by atoms with Gasteiger partial charge >= 0.3 is 0 Å². The standard InChI is InChI=1S/C16H13ClN2O/c17-13-6-2-8-15(20)12(13)10-19-14-7-1-4-11-5-3-9-18-16(11)14/h1-9,19-20H,10H2. The van der Waals surface area contributed by atoms with E-state index in [1.54, 1.807) is 24.4 Å². The largest absolute Gasteiger partial charge is 0.508 e. The van der Waals surface area contributed by atoms with Crippen molar-refractivity contribution in [2.75, 3.05) is 5.32 Å². The fourth-order valence-corrected chi connectivity index (χ4v) is 2.39. The number of anilines is 1. The van der Waals surface area contributed by atoms with E-state index in [2.05, 4.69) is 10.3 Å². The van der Waals surface area contributed by atoms with Crippen molar-refractivity contribution < 1.29 is 5.11 Å². The zero-order chi connectivity index (χ0) is 13.9. The van der Waals surface area contributed by atoms with Gasteiger partial charge in [0.15, 0.2) is 0 Å². The summed E-state index contributed by atoms with van der Waals surface area (Å²) < 4.78 is 0. The first kappa shape index (κ1) is 12.8. The summed E-state index contributed by atoms with van der Waals surface area (Å²) in [6.07, 6.45) is 1.76. The number of para-hydroxylation sites is 1. The molecule has 0 atom stereocenters. The van der Waals surface area contributed by atoms with E-state index < -0.39 is 0 Å². The number of phenols is 1. The van der Waals surface area contributed by atoms with Gasteiger partial charge < -0.3 is 10.4 Å². The Labute approximate surface area is 121 Å². The van der Waals surface area contributed by atoms with Crippen molar-refractivity contribution in [3.8, 4) is 5.75 Å². The second-order valence-electron chi connectivity index (χ2n) is 4.47. The summed E-state index contributed by atoms with van der Waals surface area (Å²) in [5.41, 5.74) is 2.51. The van der Waals surface area contributed by atoms with Crippen LogP contribution >= 0.6 is 11.6 Å². The topological polar surface area (TPSA) is 45.1 Å². The minimum atomic E-state index is 0.193. The Morgan fingerprint density at radius 3 is 2.70 bits per heavy atom. The number of fused-ring (bicyclic) bond motifs is 1. The number of nitrogens with zero attached hydrogens (tertiary/aromatic N) is 1. The van der Waals surface area contributed by atoms with E-state index in [0.717, 1.165) is 16.6 Å². The molecular weight excluding hydrogens is 272 g/mol. The van der Waals surface area contributed by atoms with Crippen LogP contribution in [0.5, 0.6) is 5.75 Å². The second kappa shape index (κ2) is 5.39. The number of rotatable bonds is 3. The zero-order valence-electron chi connectivity index (χ0n) is 10.7. The number of nitrogens with one attached hydrogen (secondary N) is 1. The lowest BCUT2D eigenvalue weighted by Gasteiger charge is -2.11. The highest BCUT2D eigenvalue weighted by molar-refractivity contribution is 6.31. The molecule has 20 heavy (non-hydrogen) atoms. The second-order valence-corrected chi connectivity index (χ2v) is 4.88. The number of aromatic hydroxyl groups is 1. The Morgan fingerprint density at radius 1 is 1.05 bits per heavy atom. The fraction of sp³-hybridized carbons (Fsp3) is 0.0625. The number of aromatic nitrogens is 1. The summed E-state index contributed by atoms with van der Waals surface area (Å²) in [6.45, 7) is 0.446. The molecule has 0 aliphatic carbocycles. The molecule has 0 bridgehead atoms. The molecule has 1 heterocycles. The monoisotopic (exact) mass is 284 g/mol. The molecule has 1 aromatic heterocycles. The minimum absolute atomic E-state index is 0.193. The predicted octanol–water partition coefficient (Wildman–Crippen LogP) is 4.21. The third-order valence-electron chi connectivity index (χ3n) is 3.18. The van der Waals surface area contributed by atoms with Crippen molar-refractivity contribution >= 4 is 28.2 Å². The molecule has 0 fully saturated rings. The number of hydrogen-bond acceptors (Lipinski definition) is 3. The quantitative estimate of drug-likeness (QED) is 0.757. The maximum Gasteiger partial charge on any atom is 0.122 e. The van der Waals surface area contributed by atoms with E-state index in [-0.39, 0.29) is 5.75 Å². The van der Waals surface area contributed by atoms with Crippen LogP contribution < -0.4 is 5.32 Å². The summed E-state index contributed by atoms with van der Waals surface area (Å²) in [7, 11) is 0. The van der Waals surface area contributed by atoms with Crippen molar-refractivity contribution in [2.45, 2.75) is 6.54 Å². The van der Waals surface area contributed by atoms with Gasteiger partial charge in [-0.1, -0.05) is 35.9 Å². The molecule has 0 saturated carbocycles. The summed E-state index contributed by atoms with van der Waals surface area (Å²) >= 11 is 6.10. The predicted molar refractivity (Wildman–Crippen MR) is 82.2 cm³/mol. The average molecular weight is 285 g/mol. The highest BCUT2D eigenvalue weighted by atomic mass is 35.5. The van der Waals surface area contributed by atoms with E-state index in [4.69, 9.17) is 11.6 Å². The smallest absolute Gasteiger partial charge is 0.122 e. The first-order chi connectivity index (χ1) is 9.75. The molecule has 0 aliphatic rings. The molecule has 4 heteroatoms. The Hall–Kier alpha value is -2.26. The van der Waals surface area contributed by atoms with Crippen LogP contribution in [0, 0.1) is 0 Å². The maximum atomic E-state index is 9.84. The lowest BCUT2D eigenvalue weighted by atomic mass is 10.1. The van der Waals surface area contributed by atoms with Gasteiger partial charge in [0.1, 0.15) is 5.75 Å². The molecule has 2 aromatic carbocycles. The van der Waals surface area contributed by atoms with Crippen LogP contribution in [-0.2, 0) is 6.54 Å². The minimum Gasteiger partial charge on any atom is -0.508 e. The van der Waals surface area contributed by atoms with Gasteiger partial charge in [-0.2, -0.15) is 0 Å². The molecule has 0 spiro atoms. The van der Waals surface area contributed by atoms with Crippen molar-refractivity contribution in [2.24, 2.45) is 0 Å². The molecule has 0 unspecified atom stereocenters. The van der Waals surface area contributed by atoms with E-state index >= 15 is 0 Å². The van der Waals surface area contributed by atoms with Crippen LogP contribution in [0.4, 0.5) is 5.69 Å². The van der Waals surface area contributed by atoms with Gasteiger partial charge in [0, 0.05) is 28.7 Å². The van der Waals surface area contributed by atoms with Gasteiger partial charge in [-0.3, -0.25) is 4.98 Å². The van der Waals surface area contributed by atoms with Gasteiger partial charge in [0.25, 0.3) is 0 Å². The number of pyridine rings is 1.